The Hall–Kier alpha value is -2.82. The number of hydrogen-bond donors (Lipinski definition) is 1. The molecule has 26 heavy (non-hydrogen) atoms. The van der Waals surface area contributed by atoms with Crippen LogP contribution in [0.4, 0.5) is 5.69 Å². The zero-order valence-electron chi connectivity index (χ0n) is 15.6. The summed E-state index contributed by atoms with van der Waals surface area (Å²) in [6.07, 6.45) is 0.0306. The first-order valence-corrected chi connectivity index (χ1v) is 8.71. The fraction of sp³-hybridized carbons (Fsp3) is 0.333. The van der Waals surface area contributed by atoms with E-state index < -0.39 is 12.1 Å². The molecule has 2 unspecified atom stereocenters. The molecule has 0 heterocycles. The van der Waals surface area contributed by atoms with Gasteiger partial charge in [-0.2, -0.15) is 0 Å². The molecule has 2 aromatic carbocycles. The highest BCUT2D eigenvalue weighted by atomic mass is 16.5. The van der Waals surface area contributed by atoms with Gasteiger partial charge in [-0.25, -0.2) is 4.79 Å². The van der Waals surface area contributed by atoms with Gasteiger partial charge in [0.1, 0.15) is 11.3 Å². The Kier molecular flexibility index (Phi) is 6.78. The van der Waals surface area contributed by atoms with E-state index in [1.54, 1.807) is 31.2 Å². The molecule has 1 N–H and O–H groups in total. The van der Waals surface area contributed by atoms with Crippen molar-refractivity contribution in [2.24, 2.45) is 0 Å². The number of amides is 1. The fourth-order valence-corrected chi connectivity index (χ4v) is 2.59. The zero-order chi connectivity index (χ0) is 19.1. The quantitative estimate of drug-likeness (QED) is 0.748. The van der Waals surface area contributed by atoms with Crippen LogP contribution < -0.4 is 10.1 Å². The van der Waals surface area contributed by atoms with Gasteiger partial charge >= 0.3 is 5.97 Å². The number of rotatable bonds is 7. The molecule has 5 nitrogen and oxygen atoms in total. The normalized spacial score (nSPS) is 12.8. The number of hydrogen-bond acceptors (Lipinski definition) is 4. The Labute approximate surface area is 154 Å². The van der Waals surface area contributed by atoms with Gasteiger partial charge in [0.15, 0.2) is 6.10 Å². The topological polar surface area (TPSA) is 64.6 Å². The van der Waals surface area contributed by atoms with Crippen molar-refractivity contribution >= 4 is 17.6 Å². The average Bonchev–Trinajstić information content (AvgIpc) is 2.67. The summed E-state index contributed by atoms with van der Waals surface area (Å²) < 4.78 is 10.5. The number of carbonyl (C=O) groups is 2. The van der Waals surface area contributed by atoms with Crippen LogP contribution in [-0.2, 0) is 9.53 Å². The maximum absolute atomic E-state index is 12.5. The van der Waals surface area contributed by atoms with Crippen LogP contribution in [0.5, 0.6) is 5.75 Å². The summed E-state index contributed by atoms with van der Waals surface area (Å²) >= 11 is 0. The summed E-state index contributed by atoms with van der Waals surface area (Å²) in [5, 5.41) is 2.86. The monoisotopic (exact) mass is 355 g/mol. The van der Waals surface area contributed by atoms with Crippen molar-refractivity contribution in [3.63, 3.8) is 0 Å². The summed E-state index contributed by atoms with van der Waals surface area (Å²) in [5.74, 6) is -0.241. The van der Waals surface area contributed by atoms with Crippen LogP contribution in [0.25, 0.3) is 0 Å². The van der Waals surface area contributed by atoms with E-state index in [0.717, 1.165) is 17.7 Å². The summed E-state index contributed by atoms with van der Waals surface area (Å²) in [5.41, 5.74) is 2.09. The highest BCUT2D eigenvalue weighted by molar-refractivity contribution is 5.98. The van der Waals surface area contributed by atoms with Crippen LogP contribution in [0.2, 0.25) is 0 Å². The molecule has 0 aromatic heterocycles. The second kappa shape index (κ2) is 9.04. The average molecular weight is 355 g/mol. The van der Waals surface area contributed by atoms with Gasteiger partial charge in [-0.1, -0.05) is 44.2 Å². The highest BCUT2D eigenvalue weighted by Crippen LogP contribution is 2.27. The maximum Gasteiger partial charge on any atom is 0.342 e. The molecule has 2 atom stereocenters. The van der Waals surface area contributed by atoms with E-state index >= 15 is 0 Å². The van der Waals surface area contributed by atoms with E-state index in [2.05, 4.69) is 19.2 Å². The first kappa shape index (κ1) is 19.5. The fourth-order valence-electron chi connectivity index (χ4n) is 2.59. The lowest BCUT2D eigenvalue weighted by Crippen LogP contribution is -2.30. The Bertz CT molecular complexity index is 772. The van der Waals surface area contributed by atoms with Crippen molar-refractivity contribution in [2.45, 2.75) is 39.2 Å². The number of ether oxygens (including phenoxy) is 2. The molecule has 1 amide bonds. The van der Waals surface area contributed by atoms with Crippen LogP contribution in [-0.4, -0.2) is 25.1 Å². The molecule has 5 heteroatoms. The third-order valence-corrected chi connectivity index (χ3v) is 4.34. The number of para-hydroxylation sites is 2. The molecule has 0 saturated carbocycles. The molecule has 138 valence electrons. The van der Waals surface area contributed by atoms with Gasteiger partial charge in [-0.15, -0.1) is 0 Å². The number of methoxy groups -OCH3 is 1. The smallest absolute Gasteiger partial charge is 0.342 e. The van der Waals surface area contributed by atoms with Crippen molar-refractivity contribution in [3.05, 3.63) is 59.7 Å². The summed E-state index contributed by atoms with van der Waals surface area (Å²) in [7, 11) is 1.48. The Morgan fingerprint density at radius 3 is 2.38 bits per heavy atom. The van der Waals surface area contributed by atoms with E-state index in [4.69, 9.17) is 9.47 Å². The molecule has 0 radical (unpaired) electrons. The minimum atomic E-state index is -0.933. The second-order valence-electron chi connectivity index (χ2n) is 6.13. The van der Waals surface area contributed by atoms with Crippen molar-refractivity contribution in [2.75, 3.05) is 12.4 Å². The standard InChI is InChI=1S/C21H25NO4/c1-5-14(2)16-10-6-8-12-18(16)22-20(23)15(3)26-21(24)17-11-7-9-13-19(17)25-4/h6-15H,5H2,1-4H3,(H,22,23). The predicted octanol–water partition coefficient (Wildman–Crippen LogP) is 4.39. The largest absolute Gasteiger partial charge is 0.496 e. The van der Waals surface area contributed by atoms with Gasteiger partial charge in [0, 0.05) is 5.69 Å². The van der Waals surface area contributed by atoms with Gasteiger partial charge in [0.2, 0.25) is 0 Å². The molecule has 0 saturated heterocycles. The van der Waals surface area contributed by atoms with Crippen LogP contribution >= 0.6 is 0 Å². The molecule has 0 aliphatic heterocycles. The highest BCUT2D eigenvalue weighted by Gasteiger charge is 2.22. The molecule has 0 bridgehead atoms. The van der Waals surface area contributed by atoms with E-state index in [-0.39, 0.29) is 11.5 Å². The molecule has 0 aliphatic carbocycles. The Morgan fingerprint density at radius 1 is 1.04 bits per heavy atom. The van der Waals surface area contributed by atoms with Gasteiger partial charge < -0.3 is 14.8 Å². The molecule has 0 aliphatic rings. The molecule has 0 fully saturated rings. The van der Waals surface area contributed by atoms with Crippen molar-refractivity contribution < 1.29 is 19.1 Å². The van der Waals surface area contributed by atoms with Crippen LogP contribution in [0, 0.1) is 0 Å². The van der Waals surface area contributed by atoms with E-state index in [0.29, 0.717) is 11.7 Å². The van der Waals surface area contributed by atoms with Crippen molar-refractivity contribution in [1.82, 2.24) is 0 Å². The Balaban J connectivity index is 2.08. The van der Waals surface area contributed by atoms with Crippen LogP contribution in [0.1, 0.15) is 49.0 Å². The summed E-state index contributed by atoms with van der Waals surface area (Å²) in [6, 6.07) is 14.4. The van der Waals surface area contributed by atoms with Gasteiger partial charge in [-0.05, 0) is 43.0 Å². The van der Waals surface area contributed by atoms with Crippen LogP contribution in [0.3, 0.4) is 0 Å². The number of nitrogens with one attached hydrogen (secondary N) is 1. The first-order chi connectivity index (χ1) is 12.5. The van der Waals surface area contributed by atoms with Crippen molar-refractivity contribution in [3.8, 4) is 5.75 Å². The number of carbonyl (C=O) groups excluding carboxylic acids is 2. The molecule has 2 aromatic rings. The van der Waals surface area contributed by atoms with Gasteiger partial charge in [0.05, 0.1) is 7.11 Å². The third kappa shape index (κ3) is 4.63. The lowest BCUT2D eigenvalue weighted by molar-refractivity contribution is -0.123. The lowest BCUT2D eigenvalue weighted by atomic mass is 9.97. The molecular weight excluding hydrogens is 330 g/mol. The SMILES string of the molecule is CCC(C)c1ccccc1NC(=O)C(C)OC(=O)c1ccccc1OC. The van der Waals surface area contributed by atoms with Crippen LogP contribution in [0.15, 0.2) is 48.5 Å². The molecule has 2 rings (SSSR count). The van der Waals surface area contributed by atoms with E-state index in [9.17, 15) is 9.59 Å². The minimum Gasteiger partial charge on any atom is -0.496 e. The molecular formula is C21H25NO4. The van der Waals surface area contributed by atoms with Gasteiger partial charge in [0.25, 0.3) is 5.91 Å². The van der Waals surface area contributed by atoms with Gasteiger partial charge in [-0.3, -0.25) is 4.79 Å². The first-order valence-electron chi connectivity index (χ1n) is 8.71. The summed E-state index contributed by atoms with van der Waals surface area (Å²) in [4.78, 5) is 24.8. The number of benzene rings is 2. The minimum absolute atomic E-state index is 0.287. The Morgan fingerprint density at radius 2 is 1.69 bits per heavy atom. The van der Waals surface area contributed by atoms with E-state index in [1.807, 2.05) is 24.3 Å². The second-order valence-corrected chi connectivity index (χ2v) is 6.13. The van der Waals surface area contributed by atoms with E-state index in [1.165, 1.54) is 7.11 Å². The molecule has 0 spiro atoms. The number of anilines is 1. The summed E-state index contributed by atoms with van der Waals surface area (Å²) in [6.45, 7) is 5.76. The maximum atomic E-state index is 12.5. The lowest BCUT2D eigenvalue weighted by Gasteiger charge is -2.18. The predicted molar refractivity (Wildman–Crippen MR) is 102 cm³/mol. The zero-order valence-corrected chi connectivity index (χ0v) is 15.6. The van der Waals surface area contributed by atoms with Crippen molar-refractivity contribution in [1.29, 1.82) is 0 Å². The number of esters is 1. The third-order valence-electron chi connectivity index (χ3n) is 4.34.